The lowest BCUT2D eigenvalue weighted by atomic mass is 10.2. The second-order valence-corrected chi connectivity index (χ2v) is 5.39. The molecule has 118 valence electrons. The monoisotopic (exact) mass is 374 g/mol. The highest BCUT2D eigenvalue weighted by Crippen LogP contribution is 2.15. The number of halogens is 1. The van der Waals surface area contributed by atoms with E-state index in [1.165, 1.54) is 6.08 Å². The van der Waals surface area contributed by atoms with Crippen LogP contribution in [0, 0.1) is 0 Å². The van der Waals surface area contributed by atoms with Gasteiger partial charge in [-0.05, 0) is 51.8 Å². The third kappa shape index (κ3) is 4.96. The highest BCUT2D eigenvalue weighted by atomic mass is 79.9. The molecule has 5 nitrogen and oxygen atoms in total. The predicted octanol–water partition coefficient (Wildman–Crippen LogP) is 2.93. The molecule has 0 fully saturated rings. The summed E-state index contributed by atoms with van der Waals surface area (Å²) in [5, 5.41) is 0. The Morgan fingerprint density at radius 2 is 1.87 bits per heavy atom. The van der Waals surface area contributed by atoms with Crippen LogP contribution in [0.1, 0.15) is 15.9 Å². The van der Waals surface area contributed by atoms with E-state index in [2.05, 4.69) is 26.8 Å². The maximum absolute atomic E-state index is 11.9. The molecule has 0 spiro atoms. The number of amides is 2. The molecular weight excluding hydrogens is 360 g/mol. The molecule has 0 radical (unpaired) electrons. The van der Waals surface area contributed by atoms with E-state index in [1.54, 1.807) is 43.5 Å². The minimum atomic E-state index is -0.437. The van der Waals surface area contributed by atoms with Crippen LogP contribution < -0.4 is 15.6 Å². The van der Waals surface area contributed by atoms with Crippen molar-refractivity contribution in [1.82, 2.24) is 10.9 Å². The standard InChI is InChI=1S/C17H15BrN2O3/c1-23-13-6-4-5-12(11-13)9-10-16(21)19-20-17(22)14-7-2-3-8-15(14)18/h2-11H,1H3,(H,19,21)(H,20,22)/b10-9+. The molecule has 6 heteroatoms. The fraction of sp³-hybridized carbons (Fsp3) is 0.0588. The summed E-state index contributed by atoms with van der Waals surface area (Å²) >= 11 is 3.28. The van der Waals surface area contributed by atoms with Crippen LogP contribution in [-0.4, -0.2) is 18.9 Å². The van der Waals surface area contributed by atoms with Gasteiger partial charge in [0.1, 0.15) is 5.75 Å². The van der Waals surface area contributed by atoms with Crippen molar-refractivity contribution in [3.05, 3.63) is 70.2 Å². The average molecular weight is 375 g/mol. The third-order valence-corrected chi connectivity index (χ3v) is 3.63. The van der Waals surface area contributed by atoms with Gasteiger partial charge < -0.3 is 4.74 Å². The number of nitrogens with one attached hydrogen (secondary N) is 2. The zero-order chi connectivity index (χ0) is 16.7. The average Bonchev–Trinajstić information content (AvgIpc) is 2.58. The van der Waals surface area contributed by atoms with Crippen molar-refractivity contribution in [2.24, 2.45) is 0 Å². The van der Waals surface area contributed by atoms with E-state index in [0.717, 1.165) is 5.56 Å². The summed E-state index contributed by atoms with van der Waals surface area (Å²) in [6.45, 7) is 0. The van der Waals surface area contributed by atoms with Crippen LogP contribution in [0.2, 0.25) is 0 Å². The lowest BCUT2D eigenvalue weighted by molar-refractivity contribution is -0.117. The van der Waals surface area contributed by atoms with Crippen molar-refractivity contribution in [1.29, 1.82) is 0 Å². The van der Waals surface area contributed by atoms with Gasteiger partial charge in [0.15, 0.2) is 0 Å². The third-order valence-electron chi connectivity index (χ3n) is 2.94. The van der Waals surface area contributed by atoms with E-state index in [9.17, 15) is 9.59 Å². The Bertz CT molecular complexity index is 744. The first kappa shape index (κ1) is 16.8. The van der Waals surface area contributed by atoms with E-state index in [-0.39, 0.29) is 0 Å². The summed E-state index contributed by atoms with van der Waals surface area (Å²) in [5.41, 5.74) is 5.93. The summed E-state index contributed by atoms with van der Waals surface area (Å²) in [5.74, 6) is -0.136. The molecule has 2 amide bonds. The van der Waals surface area contributed by atoms with Crippen LogP contribution in [-0.2, 0) is 4.79 Å². The largest absolute Gasteiger partial charge is 0.497 e. The Balaban J connectivity index is 1.91. The molecule has 0 aliphatic carbocycles. The van der Waals surface area contributed by atoms with E-state index < -0.39 is 11.8 Å². The molecular formula is C17H15BrN2O3. The summed E-state index contributed by atoms with van der Waals surface area (Å²) in [6.07, 6.45) is 2.96. The maximum atomic E-state index is 11.9. The van der Waals surface area contributed by atoms with E-state index in [4.69, 9.17) is 4.74 Å². The van der Waals surface area contributed by atoms with E-state index >= 15 is 0 Å². The van der Waals surface area contributed by atoms with E-state index in [0.29, 0.717) is 15.8 Å². The van der Waals surface area contributed by atoms with Crippen molar-refractivity contribution < 1.29 is 14.3 Å². The van der Waals surface area contributed by atoms with Gasteiger partial charge in [0.05, 0.1) is 12.7 Å². The Kier molecular flexibility index (Phi) is 5.94. The fourth-order valence-corrected chi connectivity index (χ4v) is 2.25. The minimum Gasteiger partial charge on any atom is -0.497 e. The number of hydrogen-bond acceptors (Lipinski definition) is 3. The Morgan fingerprint density at radius 1 is 1.09 bits per heavy atom. The first-order valence-electron chi connectivity index (χ1n) is 6.77. The maximum Gasteiger partial charge on any atom is 0.270 e. The SMILES string of the molecule is COc1cccc(/C=C/C(=O)NNC(=O)c2ccccc2Br)c1. The molecule has 0 saturated carbocycles. The fourth-order valence-electron chi connectivity index (χ4n) is 1.79. The van der Waals surface area contributed by atoms with Crippen molar-refractivity contribution >= 4 is 33.8 Å². The number of carbonyl (C=O) groups excluding carboxylic acids is 2. The first-order valence-corrected chi connectivity index (χ1v) is 7.56. The van der Waals surface area contributed by atoms with Gasteiger partial charge in [0.25, 0.3) is 11.8 Å². The van der Waals surface area contributed by atoms with E-state index in [1.807, 2.05) is 18.2 Å². The zero-order valence-electron chi connectivity index (χ0n) is 12.4. The Morgan fingerprint density at radius 3 is 2.61 bits per heavy atom. The van der Waals surface area contributed by atoms with Gasteiger partial charge in [-0.2, -0.15) is 0 Å². The molecule has 0 aromatic heterocycles. The molecule has 2 aromatic rings. The molecule has 0 aliphatic rings. The summed E-state index contributed by atoms with van der Waals surface area (Å²) in [6, 6.07) is 14.2. The van der Waals surface area contributed by atoms with Crippen molar-refractivity contribution in [3.8, 4) is 5.75 Å². The topological polar surface area (TPSA) is 67.4 Å². The molecule has 0 saturated heterocycles. The van der Waals surface area contributed by atoms with Gasteiger partial charge in [0, 0.05) is 10.5 Å². The molecule has 0 heterocycles. The van der Waals surface area contributed by atoms with Crippen LogP contribution in [0.4, 0.5) is 0 Å². The van der Waals surface area contributed by atoms with Crippen LogP contribution in [0.5, 0.6) is 5.75 Å². The summed E-state index contributed by atoms with van der Waals surface area (Å²) in [7, 11) is 1.58. The molecule has 0 bridgehead atoms. The lowest BCUT2D eigenvalue weighted by Gasteiger charge is -2.06. The second-order valence-electron chi connectivity index (χ2n) is 4.53. The summed E-state index contributed by atoms with van der Waals surface area (Å²) in [4.78, 5) is 23.7. The molecule has 0 atom stereocenters. The van der Waals surface area contributed by atoms with Crippen LogP contribution in [0.3, 0.4) is 0 Å². The Labute approximate surface area is 142 Å². The van der Waals surface area contributed by atoms with Crippen LogP contribution in [0.15, 0.2) is 59.1 Å². The van der Waals surface area contributed by atoms with Gasteiger partial charge in [-0.25, -0.2) is 0 Å². The van der Waals surface area contributed by atoms with Crippen LogP contribution in [0.25, 0.3) is 6.08 Å². The predicted molar refractivity (Wildman–Crippen MR) is 91.8 cm³/mol. The van der Waals surface area contributed by atoms with Crippen molar-refractivity contribution in [2.75, 3.05) is 7.11 Å². The zero-order valence-corrected chi connectivity index (χ0v) is 14.0. The number of hydrazine groups is 1. The van der Waals surface area contributed by atoms with Gasteiger partial charge in [-0.15, -0.1) is 0 Å². The van der Waals surface area contributed by atoms with Gasteiger partial charge in [-0.3, -0.25) is 20.4 Å². The van der Waals surface area contributed by atoms with Crippen molar-refractivity contribution in [3.63, 3.8) is 0 Å². The number of benzene rings is 2. The van der Waals surface area contributed by atoms with Crippen molar-refractivity contribution in [2.45, 2.75) is 0 Å². The summed E-state index contributed by atoms with van der Waals surface area (Å²) < 4.78 is 5.76. The quantitative estimate of drug-likeness (QED) is 0.638. The van der Waals surface area contributed by atoms with Gasteiger partial charge in [-0.1, -0.05) is 24.3 Å². The highest BCUT2D eigenvalue weighted by molar-refractivity contribution is 9.10. The number of rotatable bonds is 4. The van der Waals surface area contributed by atoms with Crippen LogP contribution >= 0.6 is 15.9 Å². The molecule has 0 aliphatic heterocycles. The van der Waals surface area contributed by atoms with Gasteiger partial charge in [0.2, 0.25) is 0 Å². The number of hydrogen-bond donors (Lipinski definition) is 2. The second kappa shape index (κ2) is 8.14. The molecule has 23 heavy (non-hydrogen) atoms. The smallest absolute Gasteiger partial charge is 0.270 e. The lowest BCUT2D eigenvalue weighted by Crippen LogP contribution is -2.40. The highest BCUT2D eigenvalue weighted by Gasteiger charge is 2.09. The normalized spacial score (nSPS) is 10.3. The number of methoxy groups -OCH3 is 1. The Hall–Kier alpha value is -2.60. The molecule has 0 unspecified atom stereocenters. The first-order chi connectivity index (χ1) is 11.1. The number of carbonyl (C=O) groups is 2. The van der Waals surface area contributed by atoms with Gasteiger partial charge >= 0.3 is 0 Å². The molecule has 2 aromatic carbocycles. The molecule has 2 rings (SSSR count). The molecule has 2 N–H and O–H groups in total. The number of ether oxygens (including phenoxy) is 1. The minimum absolute atomic E-state index is 0.402.